The zero-order valence-corrected chi connectivity index (χ0v) is 10.7. The lowest BCUT2D eigenvalue weighted by molar-refractivity contribution is 0.438. The highest BCUT2D eigenvalue weighted by Crippen LogP contribution is 2.29. The molecule has 1 aliphatic rings. The van der Waals surface area contributed by atoms with E-state index in [1.54, 1.807) is 0 Å². The first-order valence-corrected chi connectivity index (χ1v) is 6.69. The van der Waals surface area contributed by atoms with Gasteiger partial charge in [-0.3, -0.25) is 0 Å². The number of nitrogens with zero attached hydrogens (tertiary/aromatic N) is 3. The van der Waals surface area contributed by atoms with E-state index in [0.29, 0.717) is 17.6 Å². The maximum atomic E-state index is 14.4. The van der Waals surface area contributed by atoms with E-state index in [2.05, 4.69) is 15.3 Å². The van der Waals surface area contributed by atoms with Gasteiger partial charge in [0.2, 0.25) is 0 Å². The summed E-state index contributed by atoms with van der Waals surface area (Å²) in [4.78, 5) is 10.0. The van der Waals surface area contributed by atoms with Gasteiger partial charge in [-0.05, 0) is 18.5 Å². The highest BCUT2D eigenvalue weighted by Gasteiger charge is 2.29. The zero-order chi connectivity index (χ0) is 12.5. The van der Waals surface area contributed by atoms with E-state index >= 15 is 0 Å². The second kappa shape index (κ2) is 4.62. The van der Waals surface area contributed by atoms with Crippen LogP contribution in [-0.4, -0.2) is 36.1 Å². The Kier molecular flexibility index (Phi) is 2.97. The maximum Gasteiger partial charge on any atom is 0.191 e. The van der Waals surface area contributed by atoms with Crippen molar-refractivity contribution < 1.29 is 4.39 Å². The zero-order valence-electron chi connectivity index (χ0n) is 9.93. The largest absolute Gasteiger partial charge is 0.351 e. The van der Waals surface area contributed by atoms with Crippen LogP contribution in [0.15, 0.2) is 23.2 Å². The molecule has 1 saturated heterocycles. The second-order valence-corrected chi connectivity index (χ2v) is 5.04. The first-order valence-electron chi connectivity index (χ1n) is 5.75. The molecule has 0 aromatic carbocycles. The summed E-state index contributed by atoms with van der Waals surface area (Å²) in [7, 11) is 1.91. The van der Waals surface area contributed by atoms with Crippen LogP contribution < -0.4 is 10.2 Å². The third-order valence-corrected chi connectivity index (χ3v) is 3.84. The number of likely N-dealkylation sites (N-methyl/N-ethyl adjacent to an activating group) is 1. The number of nitrogens with one attached hydrogen (secondary N) is 1. The predicted molar refractivity (Wildman–Crippen MR) is 70.4 cm³/mol. The van der Waals surface area contributed by atoms with Crippen LogP contribution in [0.25, 0.3) is 11.3 Å². The Morgan fingerprint density at radius 2 is 2.28 bits per heavy atom. The first-order chi connectivity index (χ1) is 8.79. The van der Waals surface area contributed by atoms with Crippen molar-refractivity contribution in [1.29, 1.82) is 0 Å². The molecule has 1 aliphatic heterocycles. The van der Waals surface area contributed by atoms with Crippen molar-refractivity contribution >= 4 is 17.2 Å². The fourth-order valence-electron chi connectivity index (χ4n) is 2.02. The summed E-state index contributed by atoms with van der Waals surface area (Å²) in [6.07, 6.45) is 1.43. The molecule has 94 valence electrons. The highest BCUT2D eigenvalue weighted by molar-refractivity contribution is 7.08. The lowest BCUT2D eigenvalue weighted by Gasteiger charge is -2.39. The Balaban J connectivity index is 1.91. The van der Waals surface area contributed by atoms with Crippen molar-refractivity contribution in [3.63, 3.8) is 0 Å². The van der Waals surface area contributed by atoms with E-state index in [1.807, 2.05) is 28.8 Å². The van der Waals surface area contributed by atoms with E-state index in [0.717, 1.165) is 18.7 Å². The van der Waals surface area contributed by atoms with Crippen molar-refractivity contribution in [2.24, 2.45) is 0 Å². The predicted octanol–water partition coefficient (Wildman–Crippen LogP) is 1.75. The molecule has 1 N–H and O–H groups in total. The van der Waals surface area contributed by atoms with Crippen molar-refractivity contribution in [1.82, 2.24) is 15.3 Å². The molecule has 0 radical (unpaired) electrons. The van der Waals surface area contributed by atoms with E-state index in [1.165, 1.54) is 17.7 Å². The van der Waals surface area contributed by atoms with Gasteiger partial charge in [-0.25, -0.2) is 14.4 Å². The van der Waals surface area contributed by atoms with E-state index in [-0.39, 0.29) is 5.82 Å². The van der Waals surface area contributed by atoms with Crippen LogP contribution in [0.1, 0.15) is 0 Å². The fourth-order valence-corrected chi connectivity index (χ4v) is 2.66. The summed E-state index contributed by atoms with van der Waals surface area (Å²) < 4.78 is 14.4. The number of hydrogen-bond donors (Lipinski definition) is 1. The standard InChI is InChI=1S/C12H13FN4S/c1-14-9-4-17(5-9)12-10(13)11(15-7-16-12)8-2-3-18-6-8/h2-3,6-7,9,14H,4-5H2,1H3. The summed E-state index contributed by atoms with van der Waals surface area (Å²) in [6, 6.07) is 2.29. The number of rotatable bonds is 3. The number of thiophene rings is 1. The monoisotopic (exact) mass is 264 g/mol. The van der Waals surface area contributed by atoms with Crippen molar-refractivity contribution in [3.8, 4) is 11.3 Å². The van der Waals surface area contributed by atoms with Crippen molar-refractivity contribution in [2.45, 2.75) is 6.04 Å². The van der Waals surface area contributed by atoms with Gasteiger partial charge in [0.25, 0.3) is 0 Å². The minimum atomic E-state index is -0.328. The quantitative estimate of drug-likeness (QED) is 0.917. The van der Waals surface area contributed by atoms with Gasteiger partial charge in [0.1, 0.15) is 12.0 Å². The minimum Gasteiger partial charge on any atom is -0.351 e. The average molecular weight is 264 g/mol. The number of anilines is 1. The van der Waals surface area contributed by atoms with Crippen LogP contribution in [0.2, 0.25) is 0 Å². The summed E-state index contributed by atoms with van der Waals surface area (Å²) in [5.41, 5.74) is 1.20. The summed E-state index contributed by atoms with van der Waals surface area (Å²) >= 11 is 1.53. The molecule has 0 aliphatic carbocycles. The Morgan fingerprint density at radius 3 is 2.94 bits per heavy atom. The molecule has 0 amide bonds. The van der Waals surface area contributed by atoms with E-state index in [9.17, 15) is 4.39 Å². The number of aromatic nitrogens is 2. The Labute approximate surface area is 108 Å². The Morgan fingerprint density at radius 1 is 1.44 bits per heavy atom. The molecule has 18 heavy (non-hydrogen) atoms. The molecule has 0 bridgehead atoms. The highest BCUT2D eigenvalue weighted by atomic mass is 32.1. The Bertz CT molecular complexity index is 537. The van der Waals surface area contributed by atoms with Gasteiger partial charge in [-0.1, -0.05) is 0 Å². The fraction of sp³-hybridized carbons (Fsp3) is 0.333. The molecule has 0 atom stereocenters. The van der Waals surface area contributed by atoms with Gasteiger partial charge in [0.05, 0.1) is 0 Å². The topological polar surface area (TPSA) is 41.0 Å². The summed E-state index contributed by atoms with van der Waals surface area (Å²) in [5.74, 6) is 0.0724. The van der Waals surface area contributed by atoms with Gasteiger partial charge < -0.3 is 10.2 Å². The third kappa shape index (κ3) is 1.87. The normalized spacial score (nSPS) is 15.8. The number of halogens is 1. The molecular weight excluding hydrogens is 251 g/mol. The first kappa shape index (κ1) is 11.6. The van der Waals surface area contributed by atoms with Gasteiger partial charge in [0.15, 0.2) is 11.6 Å². The molecule has 0 saturated carbocycles. The van der Waals surface area contributed by atoms with Crippen LogP contribution in [-0.2, 0) is 0 Å². The Hall–Kier alpha value is -1.53. The molecule has 1 fully saturated rings. The van der Waals surface area contributed by atoms with Crippen molar-refractivity contribution in [3.05, 3.63) is 29.0 Å². The molecule has 3 heterocycles. The molecular formula is C12H13FN4S. The van der Waals surface area contributed by atoms with Crippen LogP contribution >= 0.6 is 11.3 Å². The van der Waals surface area contributed by atoms with E-state index in [4.69, 9.17) is 0 Å². The van der Waals surface area contributed by atoms with Crippen LogP contribution in [0, 0.1) is 5.82 Å². The minimum absolute atomic E-state index is 0.328. The second-order valence-electron chi connectivity index (χ2n) is 4.26. The molecule has 2 aromatic rings. The van der Waals surface area contributed by atoms with Crippen LogP contribution in [0.3, 0.4) is 0 Å². The van der Waals surface area contributed by atoms with Gasteiger partial charge in [-0.15, -0.1) is 0 Å². The third-order valence-electron chi connectivity index (χ3n) is 3.16. The molecule has 6 heteroatoms. The summed E-state index contributed by atoms with van der Waals surface area (Å²) in [5, 5.41) is 6.96. The molecule has 3 rings (SSSR count). The lowest BCUT2D eigenvalue weighted by atomic mass is 10.1. The maximum absolute atomic E-state index is 14.4. The van der Waals surface area contributed by atoms with Gasteiger partial charge >= 0.3 is 0 Å². The van der Waals surface area contributed by atoms with Gasteiger partial charge in [-0.2, -0.15) is 11.3 Å². The van der Waals surface area contributed by atoms with Gasteiger partial charge in [0, 0.05) is 30.1 Å². The molecule has 2 aromatic heterocycles. The molecule has 0 spiro atoms. The molecule has 4 nitrogen and oxygen atoms in total. The summed E-state index contributed by atoms with van der Waals surface area (Å²) in [6.45, 7) is 1.57. The smallest absolute Gasteiger partial charge is 0.191 e. The lowest BCUT2D eigenvalue weighted by Crippen LogP contribution is -2.57. The SMILES string of the molecule is CNC1CN(c2ncnc(-c3ccsc3)c2F)C1. The average Bonchev–Trinajstić information content (AvgIpc) is 2.83. The van der Waals surface area contributed by atoms with Crippen molar-refractivity contribution in [2.75, 3.05) is 25.0 Å². The molecule has 0 unspecified atom stereocenters. The van der Waals surface area contributed by atoms with Crippen LogP contribution in [0.5, 0.6) is 0 Å². The van der Waals surface area contributed by atoms with Crippen LogP contribution in [0.4, 0.5) is 10.2 Å². The number of hydrogen-bond acceptors (Lipinski definition) is 5. The van der Waals surface area contributed by atoms with E-state index < -0.39 is 0 Å².